The van der Waals surface area contributed by atoms with Gasteiger partial charge in [-0.25, -0.2) is 4.79 Å². The number of carbonyl (C=O) groups excluding carboxylic acids is 1. The molecule has 0 spiro atoms. The monoisotopic (exact) mass is 269 g/mol. The van der Waals surface area contributed by atoms with Gasteiger partial charge in [0.15, 0.2) is 11.5 Å². The lowest BCUT2D eigenvalue weighted by atomic mass is 10.1. The average Bonchev–Trinajstić information content (AvgIpc) is 2.70. The van der Waals surface area contributed by atoms with Crippen LogP contribution in [-0.4, -0.2) is 34.2 Å². The Morgan fingerprint density at radius 1 is 1.42 bits per heavy atom. The molecular formula is C12H19N3O4. The number of hydrogen-bond acceptors (Lipinski definition) is 5. The Bertz CT molecular complexity index is 448. The molecular weight excluding hydrogens is 250 g/mol. The van der Waals surface area contributed by atoms with Crippen molar-refractivity contribution in [2.24, 2.45) is 0 Å². The number of carboxylic acid groups (broad SMARTS) is 1. The van der Waals surface area contributed by atoms with E-state index in [0.717, 1.165) is 0 Å². The molecule has 0 fully saturated rings. The van der Waals surface area contributed by atoms with Gasteiger partial charge in [0, 0.05) is 24.6 Å². The molecule has 0 aliphatic heterocycles. The summed E-state index contributed by atoms with van der Waals surface area (Å²) in [6, 6.07) is 1.35. The molecule has 1 heterocycles. The summed E-state index contributed by atoms with van der Waals surface area (Å²) >= 11 is 0. The minimum absolute atomic E-state index is 0.0382. The fourth-order valence-electron chi connectivity index (χ4n) is 1.39. The lowest BCUT2D eigenvalue weighted by Gasteiger charge is -2.20. The van der Waals surface area contributed by atoms with Crippen molar-refractivity contribution in [3.8, 4) is 0 Å². The number of amides is 1. The van der Waals surface area contributed by atoms with Crippen molar-refractivity contribution in [2.45, 2.75) is 39.3 Å². The molecule has 0 aliphatic carbocycles. The van der Waals surface area contributed by atoms with E-state index in [1.165, 1.54) is 6.07 Å². The van der Waals surface area contributed by atoms with Crippen LogP contribution in [-0.2, 0) is 11.3 Å². The van der Waals surface area contributed by atoms with Crippen molar-refractivity contribution in [3.63, 3.8) is 0 Å². The first-order valence-electron chi connectivity index (χ1n) is 5.98. The Hall–Kier alpha value is -1.89. The van der Waals surface area contributed by atoms with Gasteiger partial charge in [-0.2, -0.15) is 0 Å². The maximum atomic E-state index is 11.5. The number of carboxylic acids is 1. The van der Waals surface area contributed by atoms with E-state index in [4.69, 9.17) is 9.63 Å². The summed E-state index contributed by atoms with van der Waals surface area (Å²) in [6.45, 7) is 6.56. The number of nitrogens with one attached hydrogen (secondary N) is 2. The summed E-state index contributed by atoms with van der Waals surface area (Å²) in [5.74, 6) is -0.739. The summed E-state index contributed by atoms with van der Waals surface area (Å²) in [5, 5.41) is 17.9. The SMILES string of the molecule is CC(C)(C)NC(=O)CCNCc1cc(C(=O)O)no1. The van der Waals surface area contributed by atoms with Gasteiger partial charge in [-0.3, -0.25) is 4.79 Å². The summed E-state index contributed by atoms with van der Waals surface area (Å²) in [5.41, 5.74) is -0.361. The number of carbonyl (C=O) groups is 2. The highest BCUT2D eigenvalue weighted by atomic mass is 16.5. The fraction of sp³-hybridized carbons (Fsp3) is 0.583. The van der Waals surface area contributed by atoms with Gasteiger partial charge in [-0.05, 0) is 20.8 Å². The molecule has 106 valence electrons. The Kier molecular flexibility index (Phi) is 5.05. The molecule has 7 heteroatoms. The van der Waals surface area contributed by atoms with Crippen LogP contribution in [0.25, 0.3) is 0 Å². The predicted molar refractivity (Wildman–Crippen MR) is 67.7 cm³/mol. The summed E-state index contributed by atoms with van der Waals surface area (Å²) in [4.78, 5) is 22.1. The van der Waals surface area contributed by atoms with Crippen LogP contribution in [0.15, 0.2) is 10.6 Å². The van der Waals surface area contributed by atoms with Crippen molar-refractivity contribution >= 4 is 11.9 Å². The van der Waals surface area contributed by atoms with Crippen molar-refractivity contribution in [1.82, 2.24) is 15.8 Å². The van der Waals surface area contributed by atoms with E-state index in [1.54, 1.807) is 0 Å². The number of aromatic carboxylic acids is 1. The van der Waals surface area contributed by atoms with Gasteiger partial charge in [0.05, 0.1) is 6.54 Å². The van der Waals surface area contributed by atoms with Gasteiger partial charge in [0.2, 0.25) is 5.91 Å². The molecule has 0 atom stereocenters. The maximum absolute atomic E-state index is 11.5. The second-order valence-corrected chi connectivity index (χ2v) is 5.21. The Morgan fingerprint density at radius 2 is 2.11 bits per heavy atom. The number of nitrogens with zero attached hydrogens (tertiary/aromatic N) is 1. The number of aromatic nitrogens is 1. The Morgan fingerprint density at radius 3 is 2.63 bits per heavy atom. The smallest absolute Gasteiger partial charge is 0.358 e. The molecule has 19 heavy (non-hydrogen) atoms. The van der Waals surface area contributed by atoms with Gasteiger partial charge in [0.25, 0.3) is 0 Å². The predicted octanol–water partition coefficient (Wildman–Crippen LogP) is 0.767. The van der Waals surface area contributed by atoms with Crippen LogP contribution in [0.2, 0.25) is 0 Å². The van der Waals surface area contributed by atoms with E-state index < -0.39 is 5.97 Å². The molecule has 0 saturated carbocycles. The molecule has 0 aliphatic rings. The van der Waals surface area contributed by atoms with E-state index in [1.807, 2.05) is 20.8 Å². The minimum atomic E-state index is -1.13. The van der Waals surface area contributed by atoms with Gasteiger partial charge in [-0.1, -0.05) is 5.16 Å². The molecule has 3 N–H and O–H groups in total. The first kappa shape index (κ1) is 15.2. The summed E-state index contributed by atoms with van der Waals surface area (Å²) in [7, 11) is 0. The van der Waals surface area contributed by atoms with Crippen LogP contribution in [0.1, 0.15) is 43.4 Å². The zero-order valence-corrected chi connectivity index (χ0v) is 11.3. The van der Waals surface area contributed by atoms with E-state index >= 15 is 0 Å². The van der Waals surface area contributed by atoms with E-state index in [0.29, 0.717) is 25.3 Å². The molecule has 0 saturated heterocycles. The minimum Gasteiger partial charge on any atom is -0.476 e. The maximum Gasteiger partial charge on any atom is 0.358 e. The lowest BCUT2D eigenvalue weighted by molar-refractivity contribution is -0.122. The number of rotatable bonds is 6. The lowest BCUT2D eigenvalue weighted by Crippen LogP contribution is -2.41. The fourth-order valence-corrected chi connectivity index (χ4v) is 1.39. The third-order valence-corrected chi connectivity index (χ3v) is 2.12. The standard InChI is InChI=1S/C12H19N3O4/c1-12(2,3)14-10(16)4-5-13-7-8-6-9(11(17)18)15-19-8/h6,13H,4-5,7H2,1-3H3,(H,14,16)(H,17,18). The van der Waals surface area contributed by atoms with Crippen LogP contribution in [0.4, 0.5) is 0 Å². The highest BCUT2D eigenvalue weighted by Gasteiger charge is 2.13. The van der Waals surface area contributed by atoms with Crippen molar-refractivity contribution < 1.29 is 19.2 Å². The Labute approximate surface area is 111 Å². The molecule has 0 radical (unpaired) electrons. The quantitative estimate of drug-likeness (QED) is 0.659. The highest BCUT2D eigenvalue weighted by Crippen LogP contribution is 2.03. The van der Waals surface area contributed by atoms with Crippen LogP contribution >= 0.6 is 0 Å². The number of hydrogen-bond donors (Lipinski definition) is 3. The van der Waals surface area contributed by atoms with Crippen LogP contribution in [0.3, 0.4) is 0 Å². The topological polar surface area (TPSA) is 104 Å². The first-order chi connectivity index (χ1) is 8.78. The van der Waals surface area contributed by atoms with Crippen molar-refractivity contribution in [3.05, 3.63) is 17.5 Å². The van der Waals surface area contributed by atoms with Crippen LogP contribution in [0.5, 0.6) is 0 Å². The van der Waals surface area contributed by atoms with E-state index in [2.05, 4.69) is 15.8 Å². The zero-order chi connectivity index (χ0) is 14.5. The molecule has 7 nitrogen and oxygen atoms in total. The third kappa shape index (κ3) is 6.01. The average molecular weight is 269 g/mol. The zero-order valence-electron chi connectivity index (χ0n) is 11.3. The molecule has 0 aromatic carbocycles. The first-order valence-corrected chi connectivity index (χ1v) is 5.98. The molecule has 0 bridgehead atoms. The van der Waals surface area contributed by atoms with Gasteiger partial charge in [-0.15, -0.1) is 0 Å². The molecule has 1 aromatic rings. The van der Waals surface area contributed by atoms with E-state index in [9.17, 15) is 9.59 Å². The normalized spacial score (nSPS) is 11.3. The molecule has 1 aromatic heterocycles. The second-order valence-electron chi connectivity index (χ2n) is 5.21. The summed E-state index contributed by atoms with van der Waals surface area (Å²) in [6.07, 6.45) is 0.344. The summed E-state index contributed by atoms with van der Waals surface area (Å²) < 4.78 is 4.82. The highest BCUT2D eigenvalue weighted by molar-refractivity contribution is 5.85. The van der Waals surface area contributed by atoms with Crippen molar-refractivity contribution in [2.75, 3.05) is 6.54 Å². The third-order valence-electron chi connectivity index (χ3n) is 2.12. The van der Waals surface area contributed by atoms with E-state index in [-0.39, 0.29) is 17.1 Å². The second kappa shape index (κ2) is 6.33. The van der Waals surface area contributed by atoms with Gasteiger partial charge < -0.3 is 20.3 Å². The molecule has 1 amide bonds. The van der Waals surface area contributed by atoms with Crippen molar-refractivity contribution in [1.29, 1.82) is 0 Å². The van der Waals surface area contributed by atoms with Gasteiger partial charge in [0.1, 0.15) is 0 Å². The van der Waals surface area contributed by atoms with Gasteiger partial charge >= 0.3 is 5.97 Å². The Balaban J connectivity index is 2.23. The molecule has 1 rings (SSSR count). The van der Waals surface area contributed by atoms with Crippen LogP contribution < -0.4 is 10.6 Å². The molecule has 0 unspecified atom stereocenters. The van der Waals surface area contributed by atoms with Crippen LogP contribution in [0, 0.1) is 0 Å². The largest absolute Gasteiger partial charge is 0.476 e.